The quantitative estimate of drug-likeness (QED) is 0.549. The number of hydrogen-bond acceptors (Lipinski definition) is 5. The summed E-state index contributed by atoms with van der Waals surface area (Å²) in [7, 11) is 1.74. The van der Waals surface area contributed by atoms with Gasteiger partial charge in [0.15, 0.2) is 0 Å². The molecule has 1 amide bonds. The van der Waals surface area contributed by atoms with Gasteiger partial charge in [-0.25, -0.2) is 0 Å². The summed E-state index contributed by atoms with van der Waals surface area (Å²) in [6.07, 6.45) is 6.96. The molecule has 4 rings (SSSR count). The Morgan fingerprint density at radius 3 is 2.37 bits per heavy atom. The van der Waals surface area contributed by atoms with E-state index in [4.69, 9.17) is 4.74 Å². The number of methoxy groups -OCH3 is 1. The fourth-order valence-electron chi connectivity index (χ4n) is 4.82. The first-order valence-corrected chi connectivity index (χ1v) is 11.7. The summed E-state index contributed by atoms with van der Waals surface area (Å²) in [4.78, 5) is 19.8. The summed E-state index contributed by atoms with van der Waals surface area (Å²) < 4.78 is 5.47. The van der Waals surface area contributed by atoms with Crippen molar-refractivity contribution in [3.63, 3.8) is 0 Å². The van der Waals surface area contributed by atoms with Crippen LogP contribution in [0.3, 0.4) is 0 Å². The van der Waals surface area contributed by atoms with Crippen molar-refractivity contribution in [3.05, 3.63) is 24.3 Å². The van der Waals surface area contributed by atoms with E-state index in [1.165, 1.54) is 24.9 Å². The van der Waals surface area contributed by atoms with Crippen molar-refractivity contribution in [2.45, 2.75) is 43.3 Å². The number of thioether (sulfide) groups is 1. The van der Waals surface area contributed by atoms with Crippen LogP contribution in [0.15, 0.2) is 24.3 Å². The van der Waals surface area contributed by atoms with Crippen molar-refractivity contribution in [2.75, 3.05) is 57.2 Å². The average molecular weight is 477 g/mol. The maximum absolute atomic E-state index is 12.7. The van der Waals surface area contributed by atoms with Gasteiger partial charge in [0.2, 0.25) is 5.91 Å². The minimum absolute atomic E-state index is 0. The van der Waals surface area contributed by atoms with E-state index < -0.39 is 0 Å². The van der Waals surface area contributed by atoms with Crippen molar-refractivity contribution >= 4 is 48.2 Å². The maximum Gasteiger partial charge on any atom is 0.239 e. The lowest BCUT2D eigenvalue weighted by Crippen LogP contribution is -2.46. The zero-order chi connectivity index (χ0) is 19.4. The summed E-state index contributed by atoms with van der Waals surface area (Å²) in [5.41, 5.74) is 1.20. The van der Waals surface area contributed by atoms with Gasteiger partial charge in [-0.3, -0.25) is 9.69 Å². The number of nitrogens with zero attached hydrogens (tertiary/aromatic N) is 3. The standard InChI is InChI=1S/C22H33N3O2S.2ClH/c1-27-20-9-3-2-8-19(20)24-16-14-23(15-17-24)12-6-7-13-25-18-28-22(21(25)26)10-4-5-11-22;;/h2-3,8-9H,4-7,10-18H2,1H3;2*1H. The van der Waals surface area contributed by atoms with E-state index in [1.807, 2.05) is 23.9 Å². The van der Waals surface area contributed by atoms with Gasteiger partial charge >= 0.3 is 0 Å². The second kappa shape index (κ2) is 11.7. The summed E-state index contributed by atoms with van der Waals surface area (Å²) in [5, 5.41) is 0. The van der Waals surface area contributed by atoms with E-state index in [2.05, 4.69) is 26.8 Å². The Hall–Kier alpha value is -0.820. The number of halogens is 2. The molecule has 30 heavy (non-hydrogen) atoms. The van der Waals surface area contributed by atoms with Crippen molar-refractivity contribution in [2.24, 2.45) is 0 Å². The van der Waals surface area contributed by atoms with E-state index in [1.54, 1.807) is 7.11 Å². The average Bonchev–Trinajstić information content (AvgIpc) is 3.34. The highest BCUT2D eigenvalue weighted by molar-refractivity contribution is 8.01. The minimum Gasteiger partial charge on any atom is -0.495 e. The highest BCUT2D eigenvalue weighted by Gasteiger charge is 2.48. The van der Waals surface area contributed by atoms with Gasteiger partial charge in [-0.05, 0) is 44.4 Å². The van der Waals surface area contributed by atoms with E-state index in [-0.39, 0.29) is 29.6 Å². The summed E-state index contributed by atoms with van der Waals surface area (Å²) >= 11 is 1.91. The number of ether oxygens (including phenoxy) is 1. The number of para-hydroxylation sites is 2. The molecule has 5 nitrogen and oxygen atoms in total. The number of rotatable bonds is 7. The lowest BCUT2D eigenvalue weighted by atomic mass is 10.1. The van der Waals surface area contributed by atoms with Gasteiger partial charge < -0.3 is 14.5 Å². The molecule has 2 saturated heterocycles. The van der Waals surface area contributed by atoms with Gasteiger partial charge in [0.1, 0.15) is 5.75 Å². The van der Waals surface area contributed by atoms with Crippen LogP contribution in [-0.2, 0) is 4.79 Å². The summed E-state index contributed by atoms with van der Waals surface area (Å²) in [5.74, 6) is 2.31. The molecule has 0 aromatic heterocycles. The van der Waals surface area contributed by atoms with Gasteiger partial charge in [-0.15, -0.1) is 36.6 Å². The van der Waals surface area contributed by atoms with Gasteiger partial charge in [-0.2, -0.15) is 0 Å². The highest BCUT2D eigenvalue weighted by atomic mass is 35.5. The number of anilines is 1. The van der Waals surface area contributed by atoms with Crippen LogP contribution in [0.25, 0.3) is 0 Å². The molecule has 0 N–H and O–H groups in total. The van der Waals surface area contributed by atoms with Crippen LogP contribution in [0.1, 0.15) is 38.5 Å². The van der Waals surface area contributed by atoms with Gasteiger partial charge in [-0.1, -0.05) is 25.0 Å². The molecule has 170 valence electrons. The summed E-state index contributed by atoms with van der Waals surface area (Å²) in [6.45, 7) is 6.36. The third-order valence-corrected chi connectivity index (χ3v) is 8.11. The Labute approximate surface area is 197 Å². The first-order valence-electron chi connectivity index (χ1n) is 10.8. The Bertz CT molecular complexity index is 680. The van der Waals surface area contributed by atoms with Crippen LogP contribution in [-0.4, -0.2) is 72.7 Å². The largest absolute Gasteiger partial charge is 0.495 e. The molecule has 1 aliphatic carbocycles. The number of carbonyl (C=O) groups excluding carboxylic acids is 1. The monoisotopic (exact) mass is 475 g/mol. The highest BCUT2D eigenvalue weighted by Crippen LogP contribution is 2.47. The van der Waals surface area contributed by atoms with Crippen LogP contribution in [0, 0.1) is 0 Å². The third-order valence-electron chi connectivity index (χ3n) is 6.54. The number of piperazine rings is 1. The molecule has 0 bridgehead atoms. The molecular weight excluding hydrogens is 441 g/mol. The molecule has 1 aromatic carbocycles. The van der Waals surface area contributed by atoms with Crippen LogP contribution < -0.4 is 9.64 Å². The number of carbonyl (C=O) groups is 1. The SMILES string of the molecule is COc1ccccc1N1CCN(CCCCN2CSC3(CCCC3)C2=O)CC1.Cl.Cl. The topological polar surface area (TPSA) is 36.0 Å². The number of benzene rings is 1. The van der Waals surface area contributed by atoms with Crippen molar-refractivity contribution in [1.29, 1.82) is 0 Å². The maximum atomic E-state index is 12.7. The number of unbranched alkanes of at least 4 members (excludes halogenated alkanes) is 1. The lowest BCUT2D eigenvalue weighted by molar-refractivity contribution is -0.131. The number of amides is 1. The van der Waals surface area contributed by atoms with Gasteiger partial charge in [0, 0.05) is 32.7 Å². The van der Waals surface area contributed by atoms with Gasteiger partial charge in [0.25, 0.3) is 0 Å². The Kier molecular flexibility index (Phi) is 9.92. The van der Waals surface area contributed by atoms with Crippen molar-refractivity contribution in [3.8, 4) is 5.75 Å². The molecule has 1 spiro atoms. The first-order chi connectivity index (χ1) is 13.7. The lowest BCUT2D eigenvalue weighted by Gasteiger charge is -2.36. The van der Waals surface area contributed by atoms with Crippen LogP contribution in [0.5, 0.6) is 5.75 Å². The van der Waals surface area contributed by atoms with Crippen LogP contribution >= 0.6 is 36.6 Å². The van der Waals surface area contributed by atoms with E-state index in [9.17, 15) is 4.79 Å². The molecule has 0 radical (unpaired) electrons. The smallest absolute Gasteiger partial charge is 0.239 e. The van der Waals surface area contributed by atoms with Crippen molar-refractivity contribution < 1.29 is 9.53 Å². The Morgan fingerprint density at radius 2 is 1.67 bits per heavy atom. The normalized spacial score (nSPS) is 20.9. The van der Waals surface area contributed by atoms with E-state index >= 15 is 0 Å². The molecule has 1 saturated carbocycles. The molecule has 3 fully saturated rings. The molecular formula is C22H35Cl2N3O2S. The Morgan fingerprint density at radius 1 is 1.00 bits per heavy atom. The second-order valence-corrected chi connectivity index (χ2v) is 9.58. The molecule has 2 heterocycles. The predicted octanol–water partition coefficient (Wildman–Crippen LogP) is 4.29. The molecule has 8 heteroatoms. The van der Waals surface area contributed by atoms with E-state index in [0.29, 0.717) is 5.91 Å². The third kappa shape index (κ3) is 5.50. The van der Waals surface area contributed by atoms with Gasteiger partial charge in [0.05, 0.1) is 23.4 Å². The fourth-order valence-corrected chi connectivity index (χ4v) is 6.30. The van der Waals surface area contributed by atoms with E-state index in [0.717, 1.165) is 70.2 Å². The summed E-state index contributed by atoms with van der Waals surface area (Å²) in [6, 6.07) is 8.29. The molecule has 3 aliphatic rings. The van der Waals surface area contributed by atoms with Crippen molar-refractivity contribution in [1.82, 2.24) is 9.80 Å². The molecule has 1 aromatic rings. The Balaban J connectivity index is 0.00000160. The fraction of sp³-hybridized carbons (Fsp3) is 0.682. The van der Waals surface area contributed by atoms with Crippen LogP contribution in [0.2, 0.25) is 0 Å². The predicted molar refractivity (Wildman–Crippen MR) is 131 cm³/mol. The molecule has 2 aliphatic heterocycles. The molecule has 0 atom stereocenters. The second-order valence-electron chi connectivity index (χ2n) is 8.25. The molecule has 0 unspecified atom stereocenters. The zero-order valence-corrected chi connectivity index (χ0v) is 20.3. The first kappa shape index (κ1) is 25.4. The number of hydrogen-bond donors (Lipinski definition) is 0. The van der Waals surface area contributed by atoms with Crippen LogP contribution in [0.4, 0.5) is 5.69 Å². The minimum atomic E-state index is -0.0329. The zero-order valence-electron chi connectivity index (χ0n) is 17.9.